The molecular formula is C19H18BrNO5. The zero-order valence-corrected chi connectivity index (χ0v) is 15.9. The van der Waals surface area contributed by atoms with Crippen molar-refractivity contribution < 1.29 is 23.9 Å². The second-order valence-corrected chi connectivity index (χ2v) is 6.35. The summed E-state index contributed by atoms with van der Waals surface area (Å²) >= 11 is 3.35. The predicted molar refractivity (Wildman–Crippen MR) is 98.8 cm³/mol. The lowest BCUT2D eigenvalue weighted by Gasteiger charge is -2.18. The van der Waals surface area contributed by atoms with Crippen molar-refractivity contribution in [1.29, 1.82) is 0 Å². The van der Waals surface area contributed by atoms with Crippen LogP contribution in [0.1, 0.15) is 38.7 Å². The Kier molecular flexibility index (Phi) is 6.91. The molecule has 0 fully saturated rings. The van der Waals surface area contributed by atoms with E-state index in [1.807, 2.05) is 24.3 Å². The van der Waals surface area contributed by atoms with Crippen LogP contribution in [0.15, 0.2) is 53.0 Å². The van der Waals surface area contributed by atoms with Gasteiger partial charge < -0.3 is 14.8 Å². The van der Waals surface area contributed by atoms with Crippen molar-refractivity contribution >= 4 is 33.8 Å². The normalized spacial score (nSPS) is 11.3. The number of halogens is 1. The molecule has 0 unspecified atom stereocenters. The highest BCUT2D eigenvalue weighted by atomic mass is 79.9. The second-order valence-electron chi connectivity index (χ2n) is 5.43. The molecule has 136 valence electrons. The lowest BCUT2D eigenvalue weighted by atomic mass is 10.0. The summed E-state index contributed by atoms with van der Waals surface area (Å²) in [4.78, 5) is 36.0. The number of rotatable bonds is 6. The number of benzene rings is 2. The fourth-order valence-electron chi connectivity index (χ4n) is 2.34. The minimum Gasteiger partial charge on any atom is -0.469 e. The summed E-state index contributed by atoms with van der Waals surface area (Å²) in [5, 5.41) is 2.81. The fraction of sp³-hybridized carbons (Fsp3) is 0.211. The van der Waals surface area contributed by atoms with Crippen LogP contribution >= 0.6 is 15.9 Å². The van der Waals surface area contributed by atoms with E-state index in [9.17, 15) is 14.4 Å². The lowest BCUT2D eigenvalue weighted by Crippen LogP contribution is -2.30. The summed E-state index contributed by atoms with van der Waals surface area (Å²) in [7, 11) is 2.57. The average Bonchev–Trinajstić information content (AvgIpc) is 2.67. The molecule has 2 aromatic rings. The smallest absolute Gasteiger partial charge is 0.337 e. The third kappa shape index (κ3) is 5.16. The summed E-state index contributed by atoms with van der Waals surface area (Å²) < 4.78 is 10.3. The molecule has 1 amide bonds. The molecule has 0 spiro atoms. The van der Waals surface area contributed by atoms with E-state index in [4.69, 9.17) is 4.74 Å². The van der Waals surface area contributed by atoms with Gasteiger partial charge in [-0.2, -0.15) is 0 Å². The van der Waals surface area contributed by atoms with Crippen LogP contribution in [0.2, 0.25) is 0 Å². The quantitative estimate of drug-likeness (QED) is 0.726. The number of hydrogen-bond acceptors (Lipinski definition) is 5. The van der Waals surface area contributed by atoms with E-state index in [1.165, 1.54) is 20.3 Å². The SMILES string of the molecule is COC(=O)C[C@@H](NC(=O)c1cccc(C(=O)OC)c1)c1ccc(Br)cc1. The summed E-state index contributed by atoms with van der Waals surface area (Å²) in [5.41, 5.74) is 1.32. The maximum atomic E-state index is 12.6. The first-order valence-electron chi connectivity index (χ1n) is 7.76. The van der Waals surface area contributed by atoms with E-state index in [0.29, 0.717) is 5.56 Å². The zero-order valence-electron chi connectivity index (χ0n) is 14.3. The van der Waals surface area contributed by atoms with Crippen molar-refractivity contribution in [3.63, 3.8) is 0 Å². The number of esters is 2. The Morgan fingerprint density at radius 1 is 1.00 bits per heavy atom. The Balaban J connectivity index is 2.24. The second kappa shape index (κ2) is 9.15. The molecule has 2 aromatic carbocycles. The van der Waals surface area contributed by atoms with Gasteiger partial charge in [-0.1, -0.05) is 34.1 Å². The van der Waals surface area contributed by atoms with Crippen LogP contribution in [0.5, 0.6) is 0 Å². The van der Waals surface area contributed by atoms with Crippen LogP contribution in [-0.2, 0) is 14.3 Å². The first kappa shape index (κ1) is 19.7. The number of ether oxygens (including phenoxy) is 2. The Morgan fingerprint density at radius 3 is 2.27 bits per heavy atom. The molecule has 0 aliphatic carbocycles. The highest BCUT2D eigenvalue weighted by molar-refractivity contribution is 9.10. The van der Waals surface area contributed by atoms with Crippen molar-refractivity contribution in [2.24, 2.45) is 0 Å². The Bertz CT molecular complexity index is 804. The lowest BCUT2D eigenvalue weighted by molar-refractivity contribution is -0.141. The Labute approximate surface area is 159 Å². The molecule has 26 heavy (non-hydrogen) atoms. The maximum Gasteiger partial charge on any atom is 0.337 e. The van der Waals surface area contributed by atoms with E-state index in [-0.39, 0.29) is 12.0 Å². The monoisotopic (exact) mass is 419 g/mol. The van der Waals surface area contributed by atoms with Crippen LogP contribution in [0, 0.1) is 0 Å². The highest BCUT2D eigenvalue weighted by Gasteiger charge is 2.20. The van der Waals surface area contributed by atoms with Crippen LogP contribution in [0.25, 0.3) is 0 Å². The predicted octanol–water partition coefficient (Wildman–Crippen LogP) is 3.27. The molecule has 0 bridgehead atoms. The fourth-order valence-corrected chi connectivity index (χ4v) is 2.61. The number of hydrogen-bond donors (Lipinski definition) is 1. The first-order chi connectivity index (χ1) is 12.4. The third-order valence-corrected chi connectivity index (χ3v) is 4.25. The third-order valence-electron chi connectivity index (χ3n) is 3.72. The molecular weight excluding hydrogens is 402 g/mol. The summed E-state index contributed by atoms with van der Waals surface area (Å²) in [6.45, 7) is 0. The standard InChI is InChI=1S/C19H18BrNO5/c1-25-17(22)11-16(12-6-8-15(20)9-7-12)21-18(23)13-4-3-5-14(10-13)19(24)26-2/h3-10,16H,11H2,1-2H3,(H,21,23)/t16-/m1/s1. The summed E-state index contributed by atoms with van der Waals surface area (Å²) in [5.74, 6) is -1.38. The van der Waals surface area contributed by atoms with Crippen molar-refractivity contribution in [3.05, 3.63) is 69.7 Å². The van der Waals surface area contributed by atoms with Gasteiger partial charge in [0.1, 0.15) is 0 Å². The zero-order chi connectivity index (χ0) is 19.1. The molecule has 0 saturated carbocycles. The van der Waals surface area contributed by atoms with E-state index >= 15 is 0 Å². The van der Waals surface area contributed by atoms with E-state index in [2.05, 4.69) is 26.0 Å². The molecule has 0 aromatic heterocycles. The highest BCUT2D eigenvalue weighted by Crippen LogP contribution is 2.21. The van der Waals surface area contributed by atoms with Gasteiger partial charge in [-0.05, 0) is 35.9 Å². The van der Waals surface area contributed by atoms with Crippen molar-refractivity contribution in [2.75, 3.05) is 14.2 Å². The minimum absolute atomic E-state index is 0.0133. The summed E-state index contributed by atoms with van der Waals surface area (Å²) in [6, 6.07) is 12.9. The van der Waals surface area contributed by atoms with Gasteiger partial charge in [0.05, 0.1) is 32.2 Å². The summed E-state index contributed by atoms with van der Waals surface area (Å²) in [6.07, 6.45) is -0.0133. The van der Waals surface area contributed by atoms with Gasteiger partial charge in [0.2, 0.25) is 0 Å². The van der Waals surface area contributed by atoms with Gasteiger partial charge in [0, 0.05) is 10.0 Å². The van der Waals surface area contributed by atoms with E-state index in [1.54, 1.807) is 18.2 Å². The molecule has 6 nitrogen and oxygen atoms in total. The van der Waals surface area contributed by atoms with Gasteiger partial charge in [-0.25, -0.2) is 4.79 Å². The molecule has 0 radical (unpaired) electrons. The van der Waals surface area contributed by atoms with Crippen molar-refractivity contribution in [3.8, 4) is 0 Å². The average molecular weight is 420 g/mol. The maximum absolute atomic E-state index is 12.6. The van der Waals surface area contributed by atoms with E-state index in [0.717, 1.165) is 10.0 Å². The van der Waals surface area contributed by atoms with Crippen molar-refractivity contribution in [1.82, 2.24) is 5.32 Å². The van der Waals surface area contributed by atoms with Crippen molar-refractivity contribution in [2.45, 2.75) is 12.5 Å². The molecule has 0 aliphatic heterocycles. The first-order valence-corrected chi connectivity index (χ1v) is 8.55. The number of carbonyl (C=O) groups excluding carboxylic acids is 3. The Morgan fingerprint density at radius 2 is 1.65 bits per heavy atom. The van der Waals surface area contributed by atoms with Crippen LogP contribution in [-0.4, -0.2) is 32.1 Å². The number of carbonyl (C=O) groups is 3. The van der Waals surface area contributed by atoms with Crippen LogP contribution < -0.4 is 5.32 Å². The molecule has 0 heterocycles. The van der Waals surface area contributed by atoms with Gasteiger partial charge in [0.25, 0.3) is 5.91 Å². The van der Waals surface area contributed by atoms with Crippen LogP contribution in [0.4, 0.5) is 0 Å². The Hall–Kier alpha value is -2.67. The molecule has 0 aliphatic rings. The number of nitrogens with one attached hydrogen (secondary N) is 1. The number of amides is 1. The van der Waals surface area contributed by atoms with Gasteiger partial charge >= 0.3 is 11.9 Å². The minimum atomic E-state index is -0.565. The number of methoxy groups -OCH3 is 2. The topological polar surface area (TPSA) is 81.7 Å². The molecule has 1 atom stereocenters. The van der Waals surface area contributed by atoms with Gasteiger partial charge in [-0.15, -0.1) is 0 Å². The molecule has 7 heteroatoms. The van der Waals surface area contributed by atoms with E-state index < -0.39 is 23.9 Å². The molecule has 2 rings (SSSR count). The molecule has 0 saturated heterocycles. The van der Waals surface area contributed by atoms with Gasteiger partial charge in [-0.3, -0.25) is 9.59 Å². The molecule has 1 N–H and O–H groups in total. The van der Waals surface area contributed by atoms with Crippen LogP contribution in [0.3, 0.4) is 0 Å². The largest absolute Gasteiger partial charge is 0.469 e. The van der Waals surface area contributed by atoms with Gasteiger partial charge in [0.15, 0.2) is 0 Å².